The van der Waals surface area contributed by atoms with Gasteiger partial charge in [-0.1, -0.05) is 12.1 Å². The summed E-state index contributed by atoms with van der Waals surface area (Å²) in [5.74, 6) is 0.440. The fraction of sp³-hybridized carbons (Fsp3) is 0.533. The van der Waals surface area contributed by atoms with Gasteiger partial charge in [0.05, 0.1) is 5.69 Å². The fourth-order valence-corrected chi connectivity index (χ4v) is 2.44. The third kappa shape index (κ3) is 3.22. The maximum atomic E-state index is 11.8. The zero-order valence-electron chi connectivity index (χ0n) is 12.2. The third-order valence-electron chi connectivity index (χ3n) is 4.13. The summed E-state index contributed by atoms with van der Waals surface area (Å²) in [6, 6.07) is 7.18. The van der Waals surface area contributed by atoms with E-state index in [-0.39, 0.29) is 18.1 Å². The highest BCUT2D eigenvalue weighted by atomic mass is 16.5. The summed E-state index contributed by atoms with van der Waals surface area (Å²) < 4.78 is 5.43. The van der Waals surface area contributed by atoms with Crippen LogP contribution < -0.4 is 15.8 Å². The molecule has 5 heteroatoms. The molecule has 0 atom stereocenters. The second-order valence-corrected chi connectivity index (χ2v) is 5.58. The molecular formula is C15H23N3O2. The first kappa shape index (κ1) is 14.7. The largest absolute Gasteiger partial charge is 0.482 e. The van der Waals surface area contributed by atoms with Crippen molar-refractivity contribution in [2.24, 2.45) is 0 Å². The summed E-state index contributed by atoms with van der Waals surface area (Å²) >= 11 is 0. The molecule has 0 aromatic heterocycles. The molecule has 20 heavy (non-hydrogen) atoms. The molecule has 1 aliphatic rings. The van der Waals surface area contributed by atoms with Gasteiger partial charge in [-0.05, 0) is 45.5 Å². The lowest BCUT2D eigenvalue weighted by atomic mass is 9.75. The molecule has 1 fully saturated rings. The number of para-hydroxylation sites is 2. The van der Waals surface area contributed by atoms with E-state index in [1.54, 1.807) is 12.1 Å². The highest BCUT2D eigenvalue weighted by Crippen LogP contribution is 2.35. The summed E-state index contributed by atoms with van der Waals surface area (Å²) in [6.45, 7) is 0.671. The minimum Gasteiger partial charge on any atom is -0.482 e. The Morgan fingerprint density at radius 3 is 2.65 bits per heavy atom. The van der Waals surface area contributed by atoms with Gasteiger partial charge in [0.2, 0.25) is 0 Å². The zero-order valence-corrected chi connectivity index (χ0v) is 12.2. The van der Waals surface area contributed by atoms with Crippen LogP contribution in [0.15, 0.2) is 24.3 Å². The fourth-order valence-electron chi connectivity index (χ4n) is 2.44. The van der Waals surface area contributed by atoms with E-state index < -0.39 is 0 Å². The van der Waals surface area contributed by atoms with Crippen molar-refractivity contribution >= 4 is 11.6 Å². The third-order valence-corrected chi connectivity index (χ3v) is 4.13. The van der Waals surface area contributed by atoms with Gasteiger partial charge in [-0.15, -0.1) is 0 Å². The van der Waals surface area contributed by atoms with E-state index in [4.69, 9.17) is 10.5 Å². The minimum absolute atomic E-state index is 0.00226. The number of hydrogen-bond donors (Lipinski definition) is 2. The van der Waals surface area contributed by atoms with Crippen molar-refractivity contribution in [3.05, 3.63) is 24.3 Å². The number of hydrogen-bond acceptors (Lipinski definition) is 4. The van der Waals surface area contributed by atoms with Crippen LogP contribution in [-0.2, 0) is 4.79 Å². The minimum atomic E-state index is -0.110. The van der Waals surface area contributed by atoms with Gasteiger partial charge in [0.25, 0.3) is 5.91 Å². The van der Waals surface area contributed by atoms with Crippen LogP contribution in [0.4, 0.5) is 5.69 Å². The van der Waals surface area contributed by atoms with Crippen molar-refractivity contribution in [3.8, 4) is 5.75 Å². The molecular weight excluding hydrogens is 254 g/mol. The monoisotopic (exact) mass is 277 g/mol. The number of nitrogens with zero attached hydrogens (tertiary/aromatic N) is 1. The lowest BCUT2D eigenvalue weighted by Crippen LogP contribution is -2.57. The molecule has 5 nitrogen and oxygen atoms in total. The maximum Gasteiger partial charge on any atom is 0.258 e. The van der Waals surface area contributed by atoms with Crippen molar-refractivity contribution in [1.29, 1.82) is 0 Å². The van der Waals surface area contributed by atoms with Gasteiger partial charge in [0, 0.05) is 12.1 Å². The molecule has 1 aliphatic carbocycles. The van der Waals surface area contributed by atoms with Crippen molar-refractivity contribution < 1.29 is 9.53 Å². The summed E-state index contributed by atoms with van der Waals surface area (Å²) in [6.07, 6.45) is 3.49. The van der Waals surface area contributed by atoms with Crippen LogP contribution in [0, 0.1) is 0 Å². The highest BCUT2D eigenvalue weighted by molar-refractivity contribution is 5.77. The average molecular weight is 277 g/mol. The van der Waals surface area contributed by atoms with Gasteiger partial charge >= 0.3 is 0 Å². The van der Waals surface area contributed by atoms with E-state index >= 15 is 0 Å². The number of amides is 1. The van der Waals surface area contributed by atoms with Crippen molar-refractivity contribution in [3.63, 3.8) is 0 Å². The van der Waals surface area contributed by atoms with Gasteiger partial charge < -0.3 is 20.7 Å². The average Bonchev–Trinajstić information content (AvgIpc) is 2.36. The van der Waals surface area contributed by atoms with Crippen LogP contribution in [0.2, 0.25) is 0 Å². The summed E-state index contributed by atoms with van der Waals surface area (Å²) in [7, 11) is 4.12. The summed E-state index contributed by atoms with van der Waals surface area (Å²) in [5.41, 5.74) is 6.43. The number of carbonyl (C=O) groups is 1. The van der Waals surface area contributed by atoms with E-state index in [2.05, 4.69) is 24.3 Å². The molecule has 0 saturated heterocycles. The number of nitrogens with one attached hydrogen (secondary N) is 1. The topological polar surface area (TPSA) is 67.6 Å². The Bertz CT molecular complexity index is 470. The lowest BCUT2D eigenvalue weighted by Gasteiger charge is -2.47. The quantitative estimate of drug-likeness (QED) is 0.768. The van der Waals surface area contributed by atoms with E-state index in [9.17, 15) is 4.79 Å². The Morgan fingerprint density at radius 1 is 1.40 bits per heavy atom. The van der Waals surface area contributed by atoms with Crippen molar-refractivity contribution in [1.82, 2.24) is 10.2 Å². The van der Waals surface area contributed by atoms with Gasteiger partial charge in [0.1, 0.15) is 5.75 Å². The molecule has 2 rings (SSSR count). The molecule has 0 unspecified atom stereocenters. The first-order valence-electron chi connectivity index (χ1n) is 6.95. The Balaban J connectivity index is 1.77. The second-order valence-electron chi connectivity index (χ2n) is 5.58. The van der Waals surface area contributed by atoms with E-state index in [0.717, 1.165) is 12.8 Å². The molecule has 110 valence electrons. The van der Waals surface area contributed by atoms with Crippen molar-refractivity contribution in [2.45, 2.75) is 24.8 Å². The summed E-state index contributed by atoms with van der Waals surface area (Å²) in [5, 5.41) is 2.95. The van der Waals surface area contributed by atoms with E-state index in [1.165, 1.54) is 6.42 Å². The normalized spacial score (nSPS) is 16.6. The van der Waals surface area contributed by atoms with Crippen LogP contribution in [0.3, 0.4) is 0 Å². The molecule has 0 aliphatic heterocycles. The number of carbonyl (C=O) groups excluding carboxylic acids is 1. The van der Waals surface area contributed by atoms with Crippen LogP contribution in [0.1, 0.15) is 19.3 Å². The van der Waals surface area contributed by atoms with Gasteiger partial charge in [0.15, 0.2) is 6.61 Å². The number of benzene rings is 1. The van der Waals surface area contributed by atoms with Crippen LogP contribution in [-0.4, -0.2) is 43.6 Å². The van der Waals surface area contributed by atoms with E-state index in [1.807, 2.05) is 12.1 Å². The Hall–Kier alpha value is -1.75. The first-order valence-corrected chi connectivity index (χ1v) is 6.95. The molecule has 1 aromatic rings. The number of nitrogens with two attached hydrogens (primary N) is 1. The van der Waals surface area contributed by atoms with Gasteiger partial charge in [-0.3, -0.25) is 4.79 Å². The maximum absolute atomic E-state index is 11.8. The lowest BCUT2D eigenvalue weighted by molar-refractivity contribution is -0.124. The number of nitrogen functional groups attached to an aromatic ring is 1. The Kier molecular flexibility index (Phi) is 4.49. The van der Waals surface area contributed by atoms with Crippen LogP contribution >= 0.6 is 0 Å². The Morgan fingerprint density at radius 2 is 2.10 bits per heavy atom. The zero-order chi connectivity index (χ0) is 14.6. The highest BCUT2D eigenvalue weighted by Gasteiger charge is 2.39. The SMILES string of the molecule is CN(C)C1(CNC(=O)COc2ccccc2N)CCC1. The number of anilines is 1. The predicted molar refractivity (Wildman–Crippen MR) is 79.6 cm³/mol. The molecule has 0 bridgehead atoms. The molecule has 0 heterocycles. The van der Waals surface area contributed by atoms with Crippen LogP contribution in [0.25, 0.3) is 0 Å². The number of rotatable bonds is 6. The second kappa shape index (κ2) is 6.13. The van der Waals surface area contributed by atoms with Crippen LogP contribution in [0.5, 0.6) is 5.75 Å². The smallest absolute Gasteiger partial charge is 0.258 e. The standard InChI is InChI=1S/C15H23N3O2/c1-18(2)15(8-5-9-15)11-17-14(19)10-20-13-7-4-3-6-12(13)16/h3-4,6-7H,5,8-11,16H2,1-2H3,(H,17,19). The number of likely N-dealkylation sites (N-methyl/N-ethyl adjacent to an activating group) is 1. The first-order chi connectivity index (χ1) is 9.53. The molecule has 0 spiro atoms. The Labute approximate surface area is 120 Å². The molecule has 0 radical (unpaired) electrons. The predicted octanol–water partition coefficient (Wildman–Crippen LogP) is 1.25. The number of ether oxygens (including phenoxy) is 1. The molecule has 1 aromatic carbocycles. The summed E-state index contributed by atoms with van der Waals surface area (Å²) in [4.78, 5) is 14.0. The molecule has 1 amide bonds. The van der Waals surface area contributed by atoms with Gasteiger partial charge in [-0.2, -0.15) is 0 Å². The van der Waals surface area contributed by atoms with Crippen molar-refractivity contribution in [2.75, 3.05) is 33.0 Å². The molecule has 3 N–H and O–H groups in total. The molecule has 1 saturated carbocycles. The van der Waals surface area contributed by atoms with Gasteiger partial charge in [-0.25, -0.2) is 0 Å². The van der Waals surface area contributed by atoms with E-state index in [0.29, 0.717) is 18.0 Å².